The van der Waals surface area contributed by atoms with E-state index in [0.29, 0.717) is 6.04 Å². The van der Waals surface area contributed by atoms with E-state index in [1.165, 1.54) is 5.56 Å². The minimum absolute atomic E-state index is 0.471. The summed E-state index contributed by atoms with van der Waals surface area (Å²) in [6.45, 7) is 6.19. The fraction of sp³-hybridized carbons (Fsp3) is 0.429. The smallest absolute Gasteiger partial charge is 0.134 e. The molecule has 0 saturated carbocycles. The highest BCUT2D eigenvalue weighted by atomic mass is 15.2. The van der Waals surface area contributed by atoms with Gasteiger partial charge in [0.15, 0.2) is 0 Å². The summed E-state index contributed by atoms with van der Waals surface area (Å²) in [5.41, 5.74) is 3.59. The summed E-state index contributed by atoms with van der Waals surface area (Å²) in [6.07, 6.45) is 5.80. The first-order chi connectivity index (χ1) is 8.66. The molecule has 4 heteroatoms. The van der Waals surface area contributed by atoms with Gasteiger partial charge >= 0.3 is 0 Å². The number of rotatable bonds is 1. The lowest BCUT2D eigenvalue weighted by Gasteiger charge is -2.38. The summed E-state index contributed by atoms with van der Waals surface area (Å²) in [6, 6.07) is 2.68. The van der Waals surface area contributed by atoms with E-state index in [0.717, 1.165) is 16.9 Å². The fourth-order valence-corrected chi connectivity index (χ4v) is 2.13. The van der Waals surface area contributed by atoms with Gasteiger partial charge in [0.05, 0.1) is 12.2 Å². The van der Waals surface area contributed by atoms with Gasteiger partial charge in [0.2, 0.25) is 0 Å². The van der Waals surface area contributed by atoms with E-state index in [1.807, 2.05) is 44.2 Å². The minimum Gasteiger partial charge on any atom is -0.352 e. The average Bonchev–Trinajstić information content (AvgIpc) is 2.86. The van der Waals surface area contributed by atoms with Crippen LogP contribution < -0.4 is 4.90 Å². The van der Waals surface area contributed by atoms with Crippen molar-refractivity contribution in [2.45, 2.75) is 26.8 Å². The molecule has 1 atom stereocenters. The van der Waals surface area contributed by atoms with Crippen LogP contribution in [0.2, 0.25) is 0 Å². The van der Waals surface area contributed by atoms with Crippen molar-refractivity contribution in [2.24, 2.45) is 7.05 Å². The van der Waals surface area contributed by atoms with Crippen molar-refractivity contribution in [3.05, 3.63) is 30.2 Å². The Morgan fingerprint density at radius 3 is 2.44 bits per heavy atom. The van der Waals surface area contributed by atoms with E-state index in [1.54, 1.807) is 0 Å². The monoisotopic (exact) mass is 244 g/mol. The first-order valence-electron chi connectivity index (χ1n) is 6.38. The molecular formula is C14H20N4. The third kappa shape index (κ3) is 1.88. The summed E-state index contributed by atoms with van der Waals surface area (Å²) < 4.78 is 1.81. The molecule has 0 spiro atoms. The van der Waals surface area contributed by atoms with Crippen LogP contribution in [-0.4, -0.2) is 21.8 Å². The fourth-order valence-electron chi connectivity index (χ4n) is 2.13. The van der Waals surface area contributed by atoms with Crippen LogP contribution in [0.5, 0.6) is 0 Å². The number of aryl methyl sites for hydroxylation is 1. The molecule has 0 fully saturated rings. The van der Waals surface area contributed by atoms with Gasteiger partial charge < -0.3 is 4.90 Å². The molecule has 1 aliphatic rings. The Morgan fingerprint density at radius 1 is 1.11 bits per heavy atom. The van der Waals surface area contributed by atoms with Crippen molar-refractivity contribution < 1.29 is 0 Å². The van der Waals surface area contributed by atoms with Gasteiger partial charge in [0.25, 0.3) is 0 Å². The van der Waals surface area contributed by atoms with E-state index in [-0.39, 0.29) is 0 Å². The van der Waals surface area contributed by atoms with Crippen LogP contribution in [0.3, 0.4) is 0 Å². The molecule has 2 aromatic rings. The summed E-state index contributed by atoms with van der Waals surface area (Å²) in [4.78, 5) is 6.65. The molecule has 0 N–H and O–H groups in total. The minimum atomic E-state index is 0.471. The number of fused-ring (bicyclic) bond motifs is 1. The first-order valence-corrected chi connectivity index (χ1v) is 6.38. The van der Waals surface area contributed by atoms with Crippen LogP contribution in [0.15, 0.2) is 24.7 Å². The Morgan fingerprint density at radius 2 is 1.83 bits per heavy atom. The van der Waals surface area contributed by atoms with E-state index < -0.39 is 0 Å². The molecule has 2 aromatic heterocycles. The van der Waals surface area contributed by atoms with E-state index in [4.69, 9.17) is 0 Å². The largest absolute Gasteiger partial charge is 0.352 e. The van der Waals surface area contributed by atoms with Crippen molar-refractivity contribution >= 4 is 5.82 Å². The number of nitrogens with zero attached hydrogens (tertiary/aromatic N) is 4. The maximum absolute atomic E-state index is 4.47. The van der Waals surface area contributed by atoms with Gasteiger partial charge in [-0.1, -0.05) is 13.8 Å². The summed E-state index contributed by atoms with van der Waals surface area (Å²) in [5.74, 6) is 1.10. The SMILES string of the molecule is CC.CC1c2cc(-c3cnn(C)c3)cnc2N1C. The molecule has 18 heavy (non-hydrogen) atoms. The second-order valence-corrected chi connectivity index (χ2v) is 4.33. The van der Waals surface area contributed by atoms with Crippen LogP contribution in [0.25, 0.3) is 11.1 Å². The first kappa shape index (κ1) is 12.6. The standard InChI is InChI=1S/C12H14N4.C2H6/c1-8-11-4-9(5-13-12(11)16(8)3)10-6-14-15(2)7-10;1-2/h4-8H,1-3H3;1-2H3. The third-order valence-corrected chi connectivity index (χ3v) is 3.30. The normalized spacial score (nSPS) is 16.5. The van der Waals surface area contributed by atoms with Crippen LogP contribution in [0, 0.1) is 0 Å². The predicted molar refractivity (Wildman–Crippen MR) is 74.6 cm³/mol. The van der Waals surface area contributed by atoms with Gasteiger partial charge in [-0.2, -0.15) is 5.10 Å². The van der Waals surface area contributed by atoms with Crippen molar-refractivity contribution in [1.29, 1.82) is 0 Å². The van der Waals surface area contributed by atoms with Crippen LogP contribution >= 0.6 is 0 Å². The molecule has 0 radical (unpaired) electrons. The molecule has 0 bridgehead atoms. The molecule has 1 unspecified atom stereocenters. The summed E-state index contributed by atoms with van der Waals surface area (Å²) >= 11 is 0. The number of aromatic nitrogens is 3. The second-order valence-electron chi connectivity index (χ2n) is 4.33. The van der Waals surface area contributed by atoms with E-state index in [9.17, 15) is 0 Å². The lowest BCUT2D eigenvalue weighted by atomic mass is 9.97. The van der Waals surface area contributed by atoms with Gasteiger partial charge in [-0.25, -0.2) is 4.98 Å². The zero-order chi connectivity index (χ0) is 13.3. The van der Waals surface area contributed by atoms with Crippen molar-refractivity contribution in [3.63, 3.8) is 0 Å². The highest BCUT2D eigenvalue weighted by Gasteiger charge is 2.29. The second kappa shape index (κ2) is 4.80. The lowest BCUT2D eigenvalue weighted by molar-refractivity contribution is 0.654. The molecule has 3 rings (SSSR count). The van der Waals surface area contributed by atoms with Crippen LogP contribution in [0.1, 0.15) is 32.4 Å². The topological polar surface area (TPSA) is 34.0 Å². The number of hydrogen-bond acceptors (Lipinski definition) is 3. The Bertz CT molecular complexity index is 544. The molecule has 1 aliphatic heterocycles. The van der Waals surface area contributed by atoms with Crippen LogP contribution in [0.4, 0.5) is 5.82 Å². The number of hydrogen-bond donors (Lipinski definition) is 0. The van der Waals surface area contributed by atoms with Crippen molar-refractivity contribution in [3.8, 4) is 11.1 Å². The van der Waals surface area contributed by atoms with Gasteiger partial charge in [0, 0.05) is 43.2 Å². The van der Waals surface area contributed by atoms with Gasteiger partial charge in [0.1, 0.15) is 5.82 Å². The summed E-state index contributed by atoms with van der Waals surface area (Å²) in [5, 5.41) is 4.18. The van der Waals surface area contributed by atoms with Crippen LogP contribution in [-0.2, 0) is 7.05 Å². The average molecular weight is 244 g/mol. The van der Waals surface area contributed by atoms with Gasteiger partial charge in [-0.3, -0.25) is 4.68 Å². The molecule has 3 heterocycles. The third-order valence-electron chi connectivity index (χ3n) is 3.30. The number of anilines is 1. The molecule has 0 saturated heterocycles. The maximum Gasteiger partial charge on any atom is 0.134 e. The molecule has 4 nitrogen and oxygen atoms in total. The zero-order valence-electron chi connectivity index (χ0n) is 11.7. The zero-order valence-corrected chi connectivity index (χ0v) is 11.7. The Balaban J connectivity index is 0.000000574. The van der Waals surface area contributed by atoms with E-state index >= 15 is 0 Å². The quantitative estimate of drug-likeness (QED) is 0.773. The molecule has 0 aromatic carbocycles. The number of pyridine rings is 1. The van der Waals surface area contributed by atoms with Crippen molar-refractivity contribution in [2.75, 3.05) is 11.9 Å². The van der Waals surface area contributed by atoms with Gasteiger partial charge in [-0.05, 0) is 13.0 Å². The summed E-state index contributed by atoms with van der Waals surface area (Å²) in [7, 11) is 4.00. The highest BCUT2D eigenvalue weighted by molar-refractivity contribution is 5.69. The predicted octanol–water partition coefficient (Wildman–Crippen LogP) is 3.02. The molecular weight excluding hydrogens is 224 g/mol. The Labute approximate surface area is 108 Å². The Hall–Kier alpha value is -1.84. The molecule has 0 amide bonds. The van der Waals surface area contributed by atoms with E-state index in [2.05, 4.69) is 35.0 Å². The van der Waals surface area contributed by atoms with Gasteiger partial charge in [-0.15, -0.1) is 0 Å². The maximum atomic E-state index is 4.47. The Kier molecular flexibility index (Phi) is 3.36. The molecule has 96 valence electrons. The van der Waals surface area contributed by atoms with Crippen molar-refractivity contribution in [1.82, 2.24) is 14.8 Å². The molecule has 0 aliphatic carbocycles. The lowest BCUT2D eigenvalue weighted by Crippen LogP contribution is -2.33. The highest BCUT2D eigenvalue weighted by Crippen LogP contribution is 2.41.